The highest BCUT2D eigenvalue weighted by Gasteiger charge is 2.24. The highest BCUT2D eigenvalue weighted by atomic mass is 35.5. The van der Waals surface area contributed by atoms with E-state index in [0.717, 1.165) is 0 Å². The molecule has 0 atom stereocenters. The van der Waals surface area contributed by atoms with Gasteiger partial charge in [-0.05, 0) is 60.7 Å². The van der Waals surface area contributed by atoms with Crippen molar-refractivity contribution in [2.45, 2.75) is 20.8 Å². The Morgan fingerprint density at radius 2 is 1.43 bits per heavy atom. The van der Waals surface area contributed by atoms with Crippen LogP contribution in [0.15, 0.2) is 0 Å². The minimum atomic E-state index is -0.729. The van der Waals surface area contributed by atoms with E-state index in [9.17, 15) is 14.4 Å². The van der Waals surface area contributed by atoms with Gasteiger partial charge < -0.3 is 10.1 Å². The molecule has 1 aromatic rings. The van der Waals surface area contributed by atoms with Crippen molar-refractivity contribution < 1.29 is 19.1 Å². The molecule has 5 nitrogen and oxygen atoms in total. The first-order chi connectivity index (χ1) is 10.7. The van der Waals surface area contributed by atoms with Gasteiger partial charge in [0.1, 0.15) is 6.61 Å². The van der Waals surface area contributed by atoms with Gasteiger partial charge in [-0.2, -0.15) is 0 Å². The van der Waals surface area contributed by atoms with Crippen molar-refractivity contribution in [3.8, 4) is 0 Å². The first-order valence-electron chi connectivity index (χ1n) is 6.69. The van der Waals surface area contributed by atoms with E-state index in [1.807, 2.05) is 0 Å². The standard InChI is InChI=1S/C15H16Cl3NO4/c1-7-11(14(17)21)8(2)13(9(3)12(7)15(18)22)19-10(20)6-23-5-4-16/h4-6H2,1-3H3,(H,19,20). The molecular formula is C15H16Cl3NO4. The van der Waals surface area contributed by atoms with E-state index in [2.05, 4.69) is 5.32 Å². The van der Waals surface area contributed by atoms with Gasteiger partial charge in [0.05, 0.1) is 6.61 Å². The molecule has 0 aliphatic heterocycles. The van der Waals surface area contributed by atoms with Crippen LogP contribution in [0.4, 0.5) is 5.69 Å². The van der Waals surface area contributed by atoms with Gasteiger partial charge in [0.25, 0.3) is 10.5 Å². The van der Waals surface area contributed by atoms with E-state index in [4.69, 9.17) is 39.5 Å². The zero-order valence-corrected chi connectivity index (χ0v) is 15.2. The van der Waals surface area contributed by atoms with Gasteiger partial charge >= 0.3 is 0 Å². The minimum Gasteiger partial charge on any atom is -0.370 e. The minimum absolute atomic E-state index is 0.151. The van der Waals surface area contributed by atoms with E-state index >= 15 is 0 Å². The summed E-state index contributed by atoms with van der Waals surface area (Å²) in [5.41, 5.74) is 1.94. The summed E-state index contributed by atoms with van der Waals surface area (Å²) in [6, 6.07) is 0. The molecule has 0 aliphatic rings. The second-order valence-electron chi connectivity index (χ2n) is 4.84. The third-order valence-corrected chi connectivity index (χ3v) is 3.89. The van der Waals surface area contributed by atoms with Gasteiger partial charge in [-0.25, -0.2) is 0 Å². The summed E-state index contributed by atoms with van der Waals surface area (Å²) in [6.45, 7) is 4.88. The van der Waals surface area contributed by atoms with Crippen LogP contribution in [0.2, 0.25) is 0 Å². The molecule has 1 N–H and O–H groups in total. The predicted octanol–water partition coefficient (Wildman–Crippen LogP) is 3.56. The maximum atomic E-state index is 11.9. The fourth-order valence-corrected chi connectivity index (χ4v) is 3.07. The van der Waals surface area contributed by atoms with Crippen LogP contribution in [-0.2, 0) is 9.53 Å². The van der Waals surface area contributed by atoms with Crippen LogP contribution in [0.25, 0.3) is 0 Å². The lowest BCUT2D eigenvalue weighted by molar-refractivity contribution is -0.120. The molecule has 0 heterocycles. The highest BCUT2D eigenvalue weighted by Crippen LogP contribution is 2.33. The molecule has 0 saturated carbocycles. The Morgan fingerprint density at radius 1 is 0.957 bits per heavy atom. The smallest absolute Gasteiger partial charge is 0.253 e. The van der Waals surface area contributed by atoms with E-state index in [-0.39, 0.29) is 30.2 Å². The fraction of sp³-hybridized carbons (Fsp3) is 0.400. The summed E-state index contributed by atoms with van der Waals surface area (Å²) in [5.74, 6) is -0.169. The Kier molecular flexibility index (Phi) is 7.48. The zero-order chi connectivity index (χ0) is 17.7. The second kappa shape index (κ2) is 8.64. The fourth-order valence-electron chi connectivity index (χ4n) is 2.39. The summed E-state index contributed by atoms with van der Waals surface area (Å²) in [4.78, 5) is 35.3. The number of anilines is 1. The molecule has 0 saturated heterocycles. The number of carbonyl (C=O) groups is 3. The number of nitrogens with one attached hydrogen (secondary N) is 1. The third kappa shape index (κ3) is 4.67. The number of hydrogen-bond donors (Lipinski definition) is 1. The molecule has 0 radical (unpaired) electrons. The molecule has 8 heteroatoms. The maximum Gasteiger partial charge on any atom is 0.253 e. The SMILES string of the molecule is Cc1c(NC(=O)COCCCl)c(C)c(C(=O)Cl)c(C)c1C(=O)Cl. The molecule has 1 aromatic carbocycles. The van der Waals surface area contributed by atoms with Gasteiger partial charge in [0, 0.05) is 22.7 Å². The number of amides is 1. The highest BCUT2D eigenvalue weighted by molar-refractivity contribution is 6.69. The number of halogens is 3. The van der Waals surface area contributed by atoms with Crippen molar-refractivity contribution in [3.63, 3.8) is 0 Å². The van der Waals surface area contributed by atoms with Crippen LogP contribution < -0.4 is 5.32 Å². The van der Waals surface area contributed by atoms with Crippen molar-refractivity contribution in [2.75, 3.05) is 24.4 Å². The lowest BCUT2D eigenvalue weighted by atomic mass is 9.92. The molecule has 126 valence electrons. The van der Waals surface area contributed by atoms with E-state index in [1.165, 1.54) is 0 Å². The monoisotopic (exact) mass is 379 g/mol. The molecule has 0 bridgehead atoms. The molecule has 0 aliphatic carbocycles. The average Bonchev–Trinajstić information content (AvgIpc) is 2.43. The van der Waals surface area contributed by atoms with Gasteiger partial charge in [-0.15, -0.1) is 11.6 Å². The number of carbonyl (C=O) groups excluding carboxylic acids is 3. The quantitative estimate of drug-likeness (QED) is 0.446. The van der Waals surface area contributed by atoms with Gasteiger partial charge in [-0.1, -0.05) is 0 Å². The van der Waals surface area contributed by atoms with Crippen molar-refractivity contribution in [1.29, 1.82) is 0 Å². The molecule has 1 amide bonds. The van der Waals surface area contributed by atoms with Crippen LogP contribution in [0.3, 0.4) is 0 Å². The predicted molar refractivity (Wildman–Crippen MR) is 91.2 cm³/mol. The normalized spacial score (nSPS) is 10.5. The lowest BCUT2D eigenvalue weighted by Gasteiger charge is -2.19. The largest absolute Gasteiger partial charge is 0.370 e. The zero-order valence-electron chi connectivity index (χ0n) is 12.9. The van der Waals surface area contributed by atoms with E-state index < -0.39 is 16.4 Å². The molecule has 1 rings (SSSR count). The topological polar surface area (TPSA) is 72.5 Å². The Hall–Kier alpha value is -1.14. The second-order valence-corrected chi connectivity index (χ2v) is 5.90. The van der Waals surface area contributed by atoms with Gasteiger partial charge in [0.2, 0.25) is 5.91 Å². The van der Waals surface area contributed by atoms with Gasteiger partial charge in [0.15, 0.2) is 0 Å². The lowest BCUT2D eigenvalue weighted by Crippen LogP contribution is -2.22. The van der Waals surface area contributed by atoms with Crippen LogP contribution in [-0.4, -0.2) is 35.5 Å². The maximum absolute atomic E-state index is 11.9. The van der Waals surface area contributed by atoms with Crippen molar-refractivity contribution in [2.24, 2.45) is 0 Å². The van der Waals surface area contributed by atoms with Crippen LogP contribution in [0.5, 0.6) is 0 Å². The summed E-state index contributed by atoms with van der Waals surface area (Å²) in [7, 11) is 0. The molecule has 0 fully saturated rings. The van der Waals surface area contributed by atoms with E-state index in [1.54, 1.807) is 20.8 Å². The van der Waals surface area contributed by atoms with E-state index in [0.29, 0.717) is 22.4 Å². The molecule has 0 aromatic heterocycles. The van der Waals surface area contributed by atoms with Crippen molar-refractivity contribution in [3.05, 3.63) is 27.8 Å². The Labute approximate surface area is 149 Å². The van der Waals surface area contributed by atoms with Crippen molar-refractivity contribution >= 4 is 56.9 Å². The first kappa shape index (κ1) is 19.9. The van der Waals surface area contributed by atoms with Crippen LogP contribution >= 0.6 is 34.8 Å². The van der Waals surface area contributed by atoms with Gasteiger partial charge in [-0.3, -0.25) is 14.4 Å². The molecule has 23 heavy (non-hydrogen) atoms. The first-order valence-corrected chi connectivity index (χ1v) is 7.98. The number of rotatable bonds is 7. The van der Waals surface area contributed by atoms with Crippen LogP contribution in [0.1, 0.15) is 37.4 Å². The van der Waals surface area contributed by atoms with Crippen molar-refractivity contribution in [1.82, 2.24) is 0 Å². The summed E-state index contributed by atoms with van der Waals surface area (Å²) in [5, 5.41) is 1.17. The Bertz CT molecular complexity index is 618. The third-order valence-electron chi connectivity index (χ3n) is 3.36. The molecule has 0 spiro atoms. The summed E-state index contributed by atoms with van der Waals surface area (Å²) < 4.78 is 5.05. The summed E-state index contributed by atoms with van der Waals surface area (Å²) >= 11 is 16.7. The number of hydrogen-bond acceptors (Lipinski definition) is 4. The Balaban J connectivity index is 3.34. The van der Waals surface area contributed by atoms with Crippen LogP contribution in [0, 0.1) is 20.8 Å². The number of benzene rings is 1. The number of ether oxygens (including phenoxy) is 1. The Morgan fingerprint density at radius 3 is 1.83 bits per heavy atom. The molecule has 0 unspecified atom stereocenters. The summed E-state index contributed by atoms with van der Waals surface area (Å²) in [6.07, 6.45) is 0. The number of alkyl halides is 1. The average molecular weight is 381 g/mol. The molecular weight excluding hydrogens is 365 g/mol.